The Bertz CT molecular complexity index is 733. The lowest BCUT2D eigenvalue weighted by atomic mass is 10.1. The van der Waals surface area contributed by atoms with Gasteiger partial charge >= 0.3 is 0 Å². The molecular weight excluding hydrogens is 258 g/mol. The Labute approximate surface area is 125 Å². The molecule has 3 rings (SSSR count). The molecule has 0 amide bonds. The van der Waals surface area contributed by atoms with Crippen LogP contribution in [0.15, 0.2) is 66.7 Å². The van der Waals surface area contributed by atoms with Crippen LogP contribution in [-0.2, 0) is 0 Å². The first-order chi connectivity index (χ1) is 10.3. The molecule has 2 nitrogen and oxygen atoms in total. The van der Waals surface area contributed by atoms with Gasteiger partial charge in [-0.2, -0.15) is 0 Å². The first-order valence-corrected chi connectivity index (χ1v) is 6.95. The summed E-state index contributed by atoms with van der Waals surface area (Å²) < 4.78 is 5.20. The minimum Gasteiger partial charge on any atom is -0.497 e. The van der Waals surface area contributed by atoms with E-state index in [1.807, 2.05) is 42.5 Å². The molecule has 0 saturated heterocycles. The van der Waals surface area contributed by atoms with Crippen LogP contribution in [-0.4, -0.2) is 12.1 Å². The predicted octanol–water partition coefficient (Wildman–Crippen LogP) is 4.73. The fraction of sp³-hybridized carbons (Fsp3) is 0.105. The van der Waals surface area contributed by atoms with Gasteiger partial charge < -0.3 is 4.74 Å². The Morgan fingerprint density at radius 3 is 1.90 bits per heavy atom. The van der Waals surface area contributed by atoms with E-state index < -0.39 is 0 Å². The average Bonchev–Trinajstić information content (AvgIpc) is 2.55. The van der Waals surface area contributed by atoms with E-state index in [0.717, 1.165) is 28.3 Å². The zero-order valence-corrected chi connectivity index (χ0v) is 12.2. The van der Waals surface area contributed by atoms with E-state index in [1.165, 1.54) is 5.56 Å². The van der Waals surface area contributed by atoms with Crippen LogP contribution in [0.2, 0.25) is 0 Å². The van der Waals surface area contributed by atoms with Crippen LogP contribution in [0.1, 0.15) is 5.56 Å². The fourth-order valence-electron chi connectivity index (χ4n) is 2.33. The van der Waals surface area contributed by atoms with Crippen molar-refractivity contribution in [1.29, 1.82) is 0 Å². The molecule has 0 N–H and O–H groups in total. The Morgan fingerprint density at radius 2 is 1.33 bits per heavy atom. The summed E-state index contributed by atoms with van der Waals surface area (Å²) in [6.07, 6.45) is 0. The zero-order valence-electron chi connectivity index (χ0n) is 12.2. The summed E-state index contributed by atoms with van der Waals surface area (Å²) >= 11 is 0. The predicted molar refractivity (Wildman–Crippen MR) is 86.4 cm³/mol. The number of ether oxygens (including phenoxy) is 1. The molecule has 104 valence electrons. The molecule has 1 aromatic heterocycles. The van der Waals surface area contributed by atoms with E-state index in [9.17, 15) is 0 Å². The number of pyridine rings is 1. The van der Waals surface area contributed by atoms with Crippen molar-refractivity contribution < 1.29 is 4.74 Å². The molecule has 0 spiro atoms. The lowest BCUT2D eigenvalue weighted by Crippen LogP contribution is -1.90. The van der Waals surface area contributed by atoms with Gasteiger partial charge in [-0.15, -0.1) is 0 Å². The molecule has 1 heterocycles. The van der Waals surface area contributed by atoms with Crippen molar-refractivity contribution in [2.24, 2.45) is 0 Å². The molecule has 0 saturated carbocycles. The number of methoxy groups -OCH3 is 1. The van der Waals surface area contributed by atoms with Gasteiger partial charge in [0.05, 0.1) is 18.5 Å². The maximum Gasteiger partial charge on any atom is 0.118 e. The van der Waals surface area contributed by atoms with Gasteiger partial charge in [-0.05, 0) is 48.9 Å². The molecule has 0 fully saturated rings. The van der Waals surface area contributed by atoms with Crippen LogP contribution in [0.25, 0.3) is 22.5 Å². The quantitative estimate of drug-likeness (QED) is 0.689. The highest BCUT2D eigenvalue weighted by atomic mass is 16.5. The van der Waals surface area contributed by atoms with E-state index in [-0.39, 0.29) is 0 Å². The second-order valence-corrected chi connectivity index (χ2v) is 5.01. The number of hydrogen-bond donors (Lipinski definition) is 0. The molecule has 2 heteroatoms. The van der Waals surface area contributed by atoms with Crippen molar-refractivity contribution in [3.05, 3.63) is 72.3 Å². The van der Waals surface area contributed by atoms with Crippen LogP contribution >= 0.6 is 0 Å². The third kappa shape index (κ3) is 2.95. The van der Waals surface area contributed by atoms with E-state index in [1.54, 1.807) is 7.11 Å². The summed E-state index contributed by atoms with van der Waals surface area (Å²) in [7, 11) is 1.67. The first kappa shape index (κ1) is 13.4. The minimum absolute atomic E-state index is 0.856. The van der Waals surface area contributed by atoms with E-state index >= 15 is 0 Å². The molecule has 0 aliphatic rings. The number of hydrogen-bond acceptors (Lipinski definition) is 2. The van der Waals surface area contributed by atoms with Gasteiger partial charge in [0, 0.05) is 11.1 Å². The average molecular weight is 275 g/mol. The topological polar surface area (TPSA) is 22.1 Å². The van der Waals surface area contributed by atoms with E-state index in [4.69, 9.17) is 9.72 Å². The van der Waals surface area contributed by atoms with Gasteiger partial charge in [-0.1, -0.05) is 30.3 Å². The molecule has 0 unspecified atom stereocenters. The number of nitrogens with zero attached hydrogens (tertiary/aromatic N) is 1. The van der Waals surface area contributed by atoms with Crippen LogP contribution in [0.5, 0.6) is 5.75 Å². The number of aryl methyl sites for hydroxylation is 1. The summed E-state index contributed by atoms with van der Waals surface area (Å²) in [5.74, 6) is 0.856. The lowest BCUT2D eigenvalue weighted by molar-refractivity contribution is 0.415. The largest absolute Gasteiger partial charge is 0.497 e. The molecule has 0 atom stereocenters. The minimum atomic E-state index is 0.856. The van der Waals surface area contributed by atoms with Gasteiger partial charge in [0.1, 0.15) is 5.75 Å². The number of aromatic nitrogens is 1. The van der Waals surface area contributed by atoms with Crippen LogP contribution < -0.4 is 4.74 Å². The Morgan fingerprint density at radius 1 is 0.762 bits per heavy atom. The van der Waals surface area contributed by atoms with E-state index in [0.29, 0.717) is 0 Å². The molecule has 0 aliphatic carbocycles. The van der Waals surface area contributed by atoms with Gasteiger partial charge in [0.15, 0.2) is 0 Å². The highest BCUT2D eigenvalue weighted by molar-refractivity contribution is 5.67. The van der Waals surface area contributed by atoms with Gasteiger partial charge in [-0.25, -0.2) is 4.98 Å². The highest BCUT2D eigenvalue weighted by Gasteiger charge is 2.05. The SMILES string of the molecule is COc1ccc(-c2cc(C)cc(-c3ccccc3)n2)cc1. The first-order valence-electron chi connectivity index (χ1n) is 6.95. The summed E-state index contributed by atoms with van der Waals surface area (Å²) in [4.78, 5) is 4.79. The Hall–Kier alpha value is -2.61. The third-order valence-electron chi connectivity index (χ3n) is 3.43. The molecule has 0 aliphatic heterocycles. The normalized spacial score (nSPS) is 10.4. The monoisotopic (exact) mass is 275 g/mol. The fourth-order valence-corrected chi connectivity index (χ4v) is 2.33. The molecule has 0 bridgehead atoms. The van der Waals surface area contributed by atoms with Crippen LogP contribution in [0, 0.1) is 6.92 Å². The van der Waals surface area contributed by atoms with Crippen molar-refractivity contribution in [2.45, 2.75) is 6.92 Å². The van der Waals surface area contributed by atoms with Crippen LogP contribution in [0.3, 0.4) is 0 Å². The zero-order chi connectivity index (χ0) is 14.7. The van der Waals surface area contributed by atoms with Gasteiger partial charge in [-0.3, -0.25) is 0 Å². The second-order valence-electron chi connectivity index (χ2n) is 5.01. The second kappa shape index (κ2) is 5.80. The highest BCUT2D eigenvalue weighted by Crippen LogP contribution is 2.25. The van der Waals surface area contributed by atoms with Gasteiger partial charge in [0.2, 0.25) is 0 Å². The number of rotatable bonds is 3. The smallest absolute Gasteiger partial charge is 0.118 e. The third-order valence-corrected chi connectivity index (χ3v) is 3.43. The van der Waals surface area contributed by atoms with E-state index in [2.05, 4.69) is 31.2 Å². The van der Waals surface area contributed by atoms with Gasteiger partial charge in [0.25, 0.3) is 0 Å². The van der Waals surface area contributed by atoms with Crippen molar-refractivity contribution in [3.63, 3.8) is 0 Å². The number of benzene rings is 2. The van der Waals surface area contributed by atoms with Crippen molar-refractivity contribution in [3.8, 4) is 28.3 Å². The molecule has 3 aromatic rings. The summed E-state index contributed by atoms with van der Waals surface area (Å²) in [6, 6.07) is 22.5. The molecule has 21 heavy (non-hydrogen) atoms. The van der Waals surface area contributed by atoms with Crippen LogP contribution in [0.4, 0.5) is 0 Å². The van der Waals surface area contributed by atoms with Crippen molar-refractivity contribution in [2.75, 3.05) is 7.11 Å². The summed E-state index contributed by atoms with van der Waals surface area (Å²) in [5.41, 5.74) is 5.42. The summed E-state index contributed by atoms with van der Waals surface area (Å²) in [5, 5.41) is 0. The maximum atomic E-state index is 5.20. The lowest BCUT2D eigenvalue weighted by Gasteiger charge is -2.08. The standard InChI is InChI=1S/C19H17NO/c1-14-12-18(15-6-4-3-5-7-15)20-19(13-14)16-8-10-17(21-2)11-9-16/h3-13H,1-2H3. The molecular formula is C19H17NO. The van der Waals surface area contributed by atoms with Crippen molar-refractivity contribution in [1.82, 2.24) is 4.98 Å². The molecule has 2 aromatic carbocycles. The maximum absolute atomic E-state index is 5.20. The summed E-state index contributed by atoms with van der Waals surface area (Å²) in [6.45, 7) is 2.10. The Kier molecular flexibility index (Phi) is 3.69. The Balaban J connectivity index is 2.05. The molecule has 0 radical (unpaired) electrons. The van der Waals surface area contributed by atoms with Crippen molar-refractivity contribution >= 4 is 0 Å².